The highest BCUT2D eigenvalue weighted by Crippen LogP contribution is 2.06. The van der Waals surface area contributed by atoms with Crippen molar-refractivity contribution >= 4 is 10.1 Å². The summed E-state index contributed by atoms with van der Waals surface area (Å²) in [6, 6.07) is 0. The first-order chi connectivity index (χ1) is 6.29. The molecule has 7 heteroatoms. The van der Waals surface area contributed by atoms with Crippen LogP contribution in [0.25, 0.3) is 0 Å². The highest BCUT2D eigenvalue weighted by molar-refractivity contribution is 7.86. The van der Waals surface area contributed by atoms with Crippen LogP contribution in [0.15, 0.2) is 0 Å². The molecule has 0 aromatic heterocycles. The molecule has 0 aliphatic heterocycles. The molecular formula is C7H17NO5S. The lowest BCUT2D eigenvalue weighted by atomic mass is 10.3. The van der Waals surface area contributed by atoms with Crippen molar-refractivity contribution in [2.45, 2.75) is 25.3 Å². The molecule has 0 radical (unpaired) electrons. The molecule has 86 valence electrons. The van der Waals surface area contributed by atoms with E-state index in [9.17, 15) is 8.42 Å². The van der Waals surface area contributed by atoms with Gasteiger partial charge in [-0.25, -0.2) is 0 Å². The van der Waals surface area contributed by atoms with Crippen molar-refractivity contribution in [3.05, 3.63) is 0 Å². The van der Waals surface area contributed by atoms with Gasteiger partial charge in [0.2, 0.25) is 0 Å². The number of nitrogens with zero attached hydrogens (tertiary/aromatic N) is 1. The minimum Gasteiger partial charge on any atom is -0.395 e. The van der Waals surface area contributed by atoms with E-state index in [0.29, 0.717) is 0 Å². The van der Waals surface area contributed by atoms with Gasteiger partial charge in [-0.15, -0.1) is 0 Å². The number of aliphatic hydroxyl groups is 2. The molecule has 14 heavy (non-hydrogen) atoms. The van der Waals surface area contributed by atoms with Gasteiger partial charge >= 0.3 is 0 Å². The molecule has 3 N–H and O–H groups in total. The third-order valence-electron chi connectivity index (χ3n) is 1.83. The van der Waals surface area contributed by atoms with E-state index in [2.05, 4.69) is 0 Å². The SMILES string of the molecule is CC(O)CN(CCO)C(C)S(=O)(=O)O. The summed E-state index contributed by atoms with van der Waals surface area (Å²) in [5, 5.41) is 16.6. The third kappa shape index (κ3) is 4.87. The largest absolute Gasteiger partial charge is 0.395 e. The van der Waals surface area contributed by atoms with Gasteiger partial charge < -0.3 is 10.2 Å². The monoisotopic (exact) mass is 227 g/mol. The van der Waals surface area contributed by atoms with Crippen LogP contribution in [0.5, 0.6) is 0 Å². The lowest BCUT2D eigenvalue weighted by Gasteiger charge is -2.26. The molecule has 0 fully saturated rings. The van der Waals surface area contributed by atoms with E-state index in [4.69, 9.17) is 14.8 Å². The summed E-state index contributed by atoms with van der Waals surface area (Å²) >= 11 is 0. The van der Waals surface area contributed by atoms with Gasteiger partial charge in [0.05, 0.1) is 12.7 Å². The Bertz CT molecular complexity index is 251. The Balaban J connectivity index is 4.48. The molecule has 0 bridgehead atoms. The van der Waals surface area contributed by atoms with Gasteiger partial charge in [0.1, 0.15) is 5.37 Å². The average Bonchev–Trinajstić information content (AvgIpc) is 2.00. The molecule has 0 heterocycles. The minimum absolute atomic E-state index is 0.0848. The van der Waals surface area contributed by atoms with Crippen molar-refractivity contribution in [3.63, 3.8) is 0 Å². The van der Waals surface area contributed by atoms with Crippen LogP contribution in [0.2, 0.25) is 0 Å². The fourth-order valence-corrected chi connectivity index (χ4v) is 1.65. The van der Waals surface area contributed by atoms with Crippen LogP contribution in [-0.4, -0.2) is 59.3 Å². The second-order valence-corrected chi connectivity index (χ2v) is 4.89. The number of hydrogen-bond acceptors (Lipinski definition) is 5. The maximum absolute atomic E-state index is 10.8. The quantitative estimate of drug-likeness (QED) is 0.498. The predicted molar refractivity (Wildman–Crippen MR) is 51.4 cm³/mol. The fraction of sp³-hybridized carbons (Fsp3) is 1.00. The van der Waals surface area contributed by atoms with E-state index < -0.39 is 21.6 Å². The molecule has 2 atom stereocenters. The zero-order chi connectivity index (χ0) is 11.4. The molecule has 0 aliphatic rings. The van der Waals surface area contributed by atoms with Crippen LogP contribution in [-0.2, 0) is 10.1 Å². The van der Waals surface area contributed by atoms with Crippen LogP contribution in [0.1, 0.15) is 13.8 Å². The normalized spacial score (nSPS) is 17.0. The van der Waals surface area contributed by atoms with Crippen molar-refractivity contribution in [1.82, 2.24) is 4.90 Å². The smallest absolute Gasteiger partial charge is 0.280 e. The van der Waals surface area contributed by atoms with Gasteiger partial charge in [0.25, 0.3) is 10.1 Å². The zero-order valence-corrected chi connectivity index (χ0v) is 9.11. The van der Waals surface area contributed by atoms with Crippen LogP contribution in [0, 0.1) is 0 Å². The van der Waals surface area contributed by atoms with E-state index in [0.717, 1.165) is 0 Å². The summed E-state index contributed by atoms with van der Waals surface area (Å²) in [6.07, 6.45) is -0.717. The van der Waals surface area contributed by atoms with E-state index in [1.54, 1.807) is 0 Å². The maximum atomic E-state index is 10.8. The number of aliphatic hydroxyl groups excluding tert-OH is 2. The predicted octanol–water partition coefficient (Wildman–Crippen LogP) is -1.10. The fourth-order valence-electron chi connectivity index (χ4n) is 1.08. The first-order valence-corrected chi connectivity index (χ1v) is 5.78. The van der Waals surface area contributed by atoms with Gasteiger partial charge in [0.15, 0.2) is 0 Å². The van der Waals surface area contributed by atoms with Crippen molar-refractivity contribution in [2.24, 2.45) is 0 Å². The molecule has 6 nitrogen and oxygen atoms in total. The lowest BCUT2D eigenvalue weighted by Crippen LogP contribution is -2.43. The molecule has 2 unspecified atom stereocenters. The lowest BCUT2D eigenvalue weighted by molar-refractivity contribution is 0.104. The van der Waals surface area contributed by atoms with Gasteiger partial charge in [-0.3, -0.25) is 9.45 Å². The Morgan fingerprint density at radius 1 is 1.36 bits per heavy atom. The minimum atomic E-state index is -4.17. The van der Waals surface area contributed by atoms with E-state index >= 15 is 0 Å². The van der Waals surface area contributed by atoms with E-state index in [1.165, 1.54) is 18.7 Å². The zero-order valence-electron chi connectivity index (χ0n) is 8.29. The van der Waals surface area contributed by atoms with Crippen molar-refractivity contribution in [1.29, 1.82) is 0 Å². The standard InChI is InChI=1S/C7H17NO5S/c1-6(10)5-8(3-4-9)7(2)14(11,12)13/h6-7,9-10H,3-5H2,1-2H3,(H,11,12,13). The summed E-state index contributed by atoms with van der Waals surface area (Å²) in [5.74, 6) is 0. The van der Waals surface area contributed by atoms with Gasteiger partial charge in [-0.05, 0) is 13.8 Å². The number of hydrogen-bond donors (Lipinski definition) is 3. The van der Waals surface area contributed by atoms with Crippen LogP contribution < -0.4 is 0 Å². The van der Waals surface area contributed by atoms with Crippen molar-refractivity contribution in [3.8, 4) is 0 Å². The molecule has 0 saturated heterocycles. The molecule has 0 aliphatic carbocycles. The Kier molecular flexibility index (Phi) is 5.53. The highest BCUT2D eigenvalue weighted by Gasteiger charge is 2.25. The Hall–Kier alpha value is -0.210. The Morgan fingerprint density at radius 2 is 1.86 bits per heavy atom. The molecule has 0 spiro atoms. The second kappa shape index (κ2) is 5.62. The summed E-state index contributed by atoms with van der Waals surface area (Å²) in [6.45, 7) is 2.74. The summed E-state index contributed by atoms with van der Waals surface area (Å²) < 4.78 is 30.3. The molecule has 0 aromatic rings. The summed E-state index contributed by atoms with van der Waals surface area (Å²) in [4.78, 5) is 1.29. The maximum Gasteiger partial charge on any atom is 0.280 e. The molecule has 0 rings (SSSR count). The van der Waals surface area contributed by atoms with E-state index in [-0.39, 0.29) is 19.7 Å². The molecular weight excluding hydrogens is 210 g/mol. The van der Waals surface area contributed by atoms with Gasteiger partial charge in [-0.1, -0.05) is 0 Å². The highest BCUT2D eigenvalue weighted by atomic mass is 32.2. The molecule has 0 aromatic carbocycles. The van der Waals surface area contributed by atoms with Crippen LogP contribution in [0.4, 0.5) is 0 Å². The van der Waals surface area contributed by atoms with Crippen LogP contribution in [0.3, 0.4) is 0 Å². The molecule has 0 amide bonds. The van der Waals surface area contributed by atoms with Gasteiger partial charge in [-0.2, -0.15) is 8.42 Å². The first kappa shape index (κ1) is 13.8. The third-order valence-corrected chi connectivity index (χ3v) is 2.99. The second-order valence-electron chi connectivity index (χ2n) is 3.18. The van der Waals surface area contributed by atoms with Crippen molar-refractivity contribution < 1.29 is 23.2 Å². The molecule has 0 saturated carbocycles. The Labute approximate surface area is 83.9 Å². The number of rotatable bonds is 6. The topological polar surface area (TPSA) is 98.1 Å². The first-order valence-electron chi connectivity index (χ1n) is 4.28. The van der Waals surface area contributed by atoms with E-state index in [1.807, 2.05) is 0 Å². The van der Waals surface area contributed by atoms with Crippen LogP contribution >= 0.6 is 0 Å². The summed E-state index contributed by atoms with van der Waals surface area (Å²) in [5.41, 5.74) is 0. The van der Waals surface area contributed by atoms with Gasteiger partial charge in [0, 0.05) is 13.1 Å². The Morgan fingerprint density at radius 3 is 2.14 bits per heavy atom. The summed E-state index contributed by atoms with van der Waals surface area (Å²) in [7, 11) is -4.17. The van der Waals surface area contributed by atoms with Crippen molar-refractivity contribution in [2.75, 3.05) is 19.7 Å². The average molecular weight is 227 g/mol.